The average Bonchev–Trinajstić information content (AvgIpc) is 3.32. The third-order valence-electron chi connectivity index (χ3n) is 7.63. The van der Waals surface area contributed by atoms with Crippen LogP contribution in [0.15, 0.2) is 67.1 Å². The minimum atomic E-state index is -1.14. The summed E-state index contributed by atoms with van der Waals surface area (Å²) in [6.07, 6.45) is 5.21. The molecule has 8 heteroatoms. The quantitative estimate of drug-likeness (QED) is 0.202. The van der Waals surface area contributed by atoms with Crippen molar-refractivity contribution in [2.45, 2.75) is 57.1 Å². The predicted octanol–water partition coefficient (Wildman–Crippen LogP) is 6.10. The van der Waals surface area contributed by atoms with Crippen molar-refractivity contribution in [2.75, 3.05) is 13.2 Å². The molecule has 0 fully saturated rings. The van der Waals surface area contributed by atoms with Crippen molar-refractivity contribution in [1.29, 1.82) is 0 Å². The van der Waals surface area contributed by atoms with Crippen LogP contribution >= 0.6 is 0 Å². The molecule has 0 bridgehead atoms. The molecule has 0 radical (unpaired) electrons. The number of nitrogens with zero attached hydrogens (tertiary/aromatic N) is 3. The lowest BCUT2D eigenvalue weighted by molar-refractivity contribution is 0.0899. The van der Waals surface area contributed by atoms with Crippen LogP contribution in [0, 0.1) is 0 Å². The van der Waals surface area contributed by atoms with Gasteiger partial charge in [-0.05, 0) is 54.1 Å². The molecular weight excluding hydrogens is 492 g/mol. The summed E-state index contributed by atoms with van der Waals surface area (Å²) in [6, 6.07) is 20.1. The van der Waals surface area contributed by atoms with Gasteiger partial charge in [-0.1, -0.05) is 62.1 Å². The van der Waals surface area contributed by atoms with Crippen molar-refractivity contribution in [3.63, 3.8) is 0 Å². The molecule has 0 aliphatic heterocycles. The van der Waals surface area contributed by atoms with E-state index in [4.69, 9.17) is 4.74 Å². The van der Waals surface area contributed by atoms with Crippen molar-refractivity contribution in [1.82, 2.24) is 19.9 Å². The molecule has 2 aromatic carbocycles. The predicted molar refractivity (Wildman–Crippen MR) is 153 cm³/mol. The first-order chi connectivity index (χ1) is 18.2. The van der Waals surface area contributed by atoms with Gasteiger partial charge in [-0.25, -0.2) is 14.8 Å². The van der Waals surface area contributed by atoms with Gasteiger partial charge in [-0.15, -0.1) is 0 Å². The van der Waals surface area contributed by atoms with Crippen molar-refractivity contribution in [2.24, 2.45) is 0 Å². The monoisotopic (exact) mass is 528 g/mol. The van der Waals surface area contributed by atoms with E-state index in [-0.39, 0.29) is 5.41 Å². The second-order valence-corrected chi connectivity index (χ2v) is 17.2. The lowest BCUT2D eigenvalue weighted by atomic mass is 9.67. The lowest BCUT2D eigenvalue weighted by Crippen LogP contribution is -2.44. The first-order valence-corrected chi connectivity index (χ1v) is 17.0. The zero-order chi connectivity index (χ0) is 26.8. The number of aryl methyl sites for hydroxylation is 1. The van der Waals surface area contributed by atoms with Crippen LogP contribution in [-0.2, 0) is 29.7 Å². The smallest absolute Gasteiger partial charge is 0.404 e. The van der Waals surface area contributed by atoms with E-state index in [2.05, 4.69) is 89.5 Å². The molecule has 0 saturated carbocycles. The molecule has 2 aromatic heterocycles. The highest BCUT2D eigenvalue weighted by Crippen LogP contribution is 2.40. The first-order valence-electron chi connectivity index (χ1n) is 13.3. The molecule has 0 saturated heterocycles. The van der Waals surface area contributed by atoms with E-state index in [9.17, 15) is 9.90 Å². The van der Waals surface area contributed by atoms with E-state index in [0.717, 1.165) is 59.8 Å². The van der Waals surface area contributed by atoms with Gasteiger partial charge in [-0.3, -0.25) is 0 Å². The molecule has 4 aromatic rings. The number of fused-ring (bicyclic) bond motifs is 2. The largest absolute Gasteiger partial charge is 0.465 e. The fourth-order valence-electron chi connectivity index (χ4n) is 5.42. The van der Waals surface area contributed by atoms with Gasteiger partial charge in [0.05, 0.1) is 5.69 Å². The Labute approximate surface area is 224 Å². The number of amides is 1. The molecule has 1 amide bonds. The van der Waals surface area contributed by atoms with E-state index >= 15 is 0 Å². The summed E-state index contributed by atoms with van der Waals surface area (Å²) in [7, 11) is -1.14. The highest BCUT2D eigenvalue weighted by atomic mass is 28.3. The van der Waals surface area contributed by atoms with Gasteiger partial charge in [-0.2, -0.15) is 0 Å². The SMILES string of the molecule is C[Si](C)(C)CCOCn1ccc2c(-c3cccc(C4(CNC(=O)O)CCc5ccccc5C4)c3)ncnc21. The third kappa shape index (κ3) is 5.66. The van der Waals surface area contributed by atoms with Crippen LogP contribution < -0.4 is 5.32 Å². The van der Waals surface area contributed by atoms with Crippen molar-refractivity contribution in [3.8, 4) is 11.3 Å². The summed E-state index contributed by atoms with van der Waals surface area (Å²) in [5.74, 6) is 0. The maximum absolute atomic E-state index is 11.5. The Bertz CT molecular complexity index is 1440. The molecule has 7 nitrogen and oxygen atoms in total. The number of benzene rings is 2. The molecule has 1 atom stereocenters. The van der Waals surface area contributed by atoms with E-state index in [0.29, 0.717) is 13.3 Å². The highest BCUT2D eigenvalue weighted by molar-refractivity contribution is 6.76. The molecule has 0 spiro atoms. The second kappa shape index (κ2) is 10.7. The van der Waals surface area contributed by atoms with E-state index in [1.54, 1.807) is 6.33 Å². The summed E-state index contributed by atoms with van der Waals surface area (Å²) in [6.45, 7) is 8.64. The van der Waals surface area contributed by atoms with Crippen LogP contribution in [0.3, 0.4) is 0 Å². The van der Waals surface area contributed by atoms with Crippen LogP contribution in [0.5, 0.6) is 0 Å². The van der Waals surface area contributed by atoms with Crippen LogP contribution in [0.4, 0.5) is 4.79 Å². The number of nitrogens with one attached hydrogen (secondary N) is 1. The van der Waals surface area contributed by atoms with Gasteiger partial charge in [0.15, 0.2) is 0 Å². The third-order valence-corrected chi connectivity index (χ3v) is 9.33. The van der Waals surface area contributed by atoms with Gasteiger partial charge in [0, 0.05) is 43.8 Å². The molecule has 2 heterocycles. The number of hydrogen-bond acceptors (Lipinski definition) is 4. The zero-order valence-corrected chi connectivity index (χ0v) is 23.4. The lowest BCUT2D eigenvalue weighted by Gasteiger charge is -2.39. The zero-order valence-electron chi connectivity index (χ0n) is 22.4. The van der Waals surface area contributed by atoms with Gasteiger partial charge < -0.3 is 19.7 Å². The Kier molecular flexibility index (Phi) is 7.36. The number of rotatable bonds is 9. The minimum Gasteiger partial charge on any atom is -0.465 e. The second-order valence-electron chi connectivity index (χ2n) is 11.6. The molecule has 1 aliphatic rings. The Morgan fingerprint density at radius 3 is 2.71 bits per heavy atom. The summed E-state index contributed by atoms with van der Waals surface area (Å²) in [4.78, 5) is 20.7. The average molecular weight is 529 g/mol. The first kappa shape index (κ1) is 26.1. The number of hydrogen-bond donors (Lipinski definition) is 2. The van der Waals surface area contributed by atoms with Crippen molar-refractivity contribution >= 4 is 25.2 Å². The minimum absolute atomic E-state index is 0.328. The maximum atomic E-state index is 11.5. The molecule has 1 aliphatic carbocycles. The Hall–Kier alpha value is -3.49. The van der Waals surface area contributed by atoms with Crippen LogP contribution in [0.2, 0.25) is 25.7 Å². The molecule has 1 unspecified atom stereocenters. The van der Waals surface area contributed by atoms with Crippen molar-refractivity contribution < 1.29 is 14.6 Å². The molecule has 2 N–H and O–H groups in total. The fraction of sp³-hybridized carbons (Fsp3) is 0.367. The standard InChI is InChI=1S/C30H36N4O3Si/c1-38(2,3)16-15-37-21-34-14-12-26-27(32-20-33-28(26)34)23-9-6-10-25(17-23)30(19-31-29(35)36)13-11-22-7-4-5-8-24(22)18-30/h4-10,12,14,17,20,31H,11,13,15-16,18-19,21H2,1-3H3,(H,35,36). The van der Waals surface area contributed by atoms with E-state index in [1.807, 2.05) is 10.8 Å². The Balaban J connectivity index is 1.46. The molecule has 38 heavy (non-hydrogen) atoms. The van der Waals surface area contributed by atoms with Gasteiger partial charge in [0.25, 0.3) is 0 Å². The van der Waals surface area contributed by atoms with Crippen LogP contribution in [0.25, 0.3) is 22.3 Å². The van der Waals surface area contributed by atoms with E-state index in [1.165, 1.54) is 11.1 Å². The normalized spacial score (nSPS) is 17.3. The fourth-order valence-corrected chi connectivity index (χ4v) is 6.18. The van der Waals surface area contributed by atoms with Crippen LogP contribution in [0.1, 0.15) is 23.1 Å². The van der Waals surface area contributed by atoms with Gasteiger partial charge in [0.1, 0.15) is 18.7 Å². The van der Waals surface area contributed by atoms with Crippen molar-refractivity contribution in [3.05, 3.63) is 83.8 Å². The van der Waals surface area contributed by atoms with Gasteiger partial charge in [0.2, 0.25) is 0 Å². The summed E-state index contributed by atoms with van der Waals surface area (Å²) in [5, 5.41) is 13.1. The van der Waals surface area contributed by atoms with E-state index < -0.39 is 14.2 Å². The number of ether oxygens (including phenoxy) is 1. The highest BCUT2D eigenvalue weighted by Gasteiger charge is 2.36. The molecular formula is C30H36N4O3Si. The number of carboxylic acid groups (broad SMARTS) is 1. The number of carbonyl (C=O) groups is 1. The Morgan fingerprint density at radius 1 is 1.11 bits per heavy atom. The van der Waals surface area contributed by atoms with Crippen LogP contribution in [-0.4, -0.2) is 47.0 Å². The topological polar surface area (TPSA) is 89.3 Å². The summed E-state index contributed by atoms with van der Waals surface area (Å²) < 4.78 is 8.01. The number of aromatic nitrogens is 3. The molecule has 5 rings (SSSR count). The maximum Gasteiger partial charge on any atom is 0.404 e. The summed E-state index contributed by atoms with van der Waals surface area (Å²) in [5.41, 5.74) is 6.15. The Morgan fingerprint density at radius 2 is 1.92 bits per heavy atom. The summed E-state index contributed by atoms with van der Waals surface area (Å²) >= 11 is 0. The molecule has 198 valence electrons. The van der Waals surface area contributed by atoms with Gasteiger partial charge >= 0.3 is 6.09 Å².